The number of amides is 2. The summed E-state index contributed by atoms with van der Waals surface area (Å²) < 4.78 is 10.8. The van der Waals surface area contributed by atoms with Gasteiger partial charge in [0.25, 0.3) is 5.91 Å². The van der Waals surface area contributed by atoms with Crippen LogP contribution in [0.15, 0.2) is 42.5 Å². The summed E-state index contributed by atoms with van der Waals surface area (Å²) in [4.78, 5) is 28.8. The fourth-order valence-corrected chi connectivity index (χ4v) is 6.25. The first kappa shape index (κ1) is 26.1. The van der Waals surface area contributed by atoms with Gasteiger partial charge in [0.15, 0.2) is 11.5 Å². The number of ether oxygens (including phenoxy) is 2. The zero-order valence-electron chi connectivity index (χ0n) is 22.3. The largest absolute Gasteiger partial charge is 0.493 e. The van der Waals surface area contributed by atoms with Crippen molar-refractivity contribution in [1.82, 2.24) is 10.2 Å². The van der Waals surface area contributed by atoms with Crippen LogP contribution in [0.25, 0.3) is 0 Å². The van der Waals surface area contributed by atoms with Gasteiger partial charge in [-0.2, -0.15) is 0 Å². The Labute approximate surface area is 215 Å². The van der Waals surface area contributed by atoms with Crippen LogP contribution in [0.5, 0.6) is 11.5 Å². The lowest BCUT2D eigenvalue weighted by molar-refractivity contribution is -0.131. The van der Waals surface area contributed by atoms with Crippen LogP contribution in [0, 0.1) is 30.6 Å². The molecular weight excluding hydrogens is 452 g/mol. The van der Waals surface area contributed by atoms with Gasteiger partial charge in [0.05, 0.1) is 20.1 Å². The Bertz CT molecular complexity index is 1080. The smallest absolute Gasteiger partial charge is 0.254 e. The molecule has 0 aromatic heterocycles. The predicted molar refractivity (Wildman–Crippen MR) is 141 cm³/mol. The molecule has 1 aliphatic heterocycles. The van der Waals surface area contributed by atoms with Crippen LogP contribution in [-0.4, -0.2) is 50.1 Å². The fourth-order valence-electron chi connectivity index (χ4n) is 6.25. The van der Waals surface area contributed by atoms with E-state index in [-0.39, 0.29) is 23.8 Å². The molecule has 5 atom stereocenters. The number of benzene rings is 2. The maximum Gasteiger partial charge on any atom is 0.254 e. The molecule has 2 aromatic rings. The summed E-state index contributed by atoms with van der Waals surface area (Å²) in [5, 5.41) is 3.33. The third kappa shape index (κ3) is 5.69. The number of aryl methyl sites for hydroxylation is 1. The Balaban J connectivity index is 1.54. The van der Waals surface area contributed by atoms with Crippen molar-refractivity contribution in [3.05, 3.63) is 59.2 Å². The quantitative estimate of drug-likeness (QED) is 0.570. The van der Waals surface area contributed by atoms with Gasteiger partial charge in [0.2, 0.25) is 5.91 Å². The van der Waals surface area contributed by atoms with Gasteiger partial charge in [-0.1, -0.05) is 38.1 Å². The van der Waals surface area contributed by atoms with E-state index in [2.05, 4.69) is 19.2 Å². The minimum absolute atomic E-state index is 0.0196. The van der Waals surface area contributed by atoms with E-state index in [1.165, 1.54) is 0 Å². The van der Waals surface area contributed by atoms with Gasteiger partial charge in [0.1, 0.15) is 0 Å². The first-order valence-corrected chi connectivity index (χ1v) is 13.2. The van der Waals surface area contributed by atoms with E-state index in [0.717, 1.165) is 30.4 Å². The Morgan fingerprint density at radius 2 is 1.78 bits per heavy atom. The van der Waals surface area contributed by atoms with Crippen molar-refractivity contribution in [1.29, 1.82) is 0 Å². The molecule has 1 heterocycles. The van der Waals surface area contributed by atoms with Crippen molar-refractivity contribution in [3.8, 4) is 11.5 Å². The van der Waals surface area contributed by atoms with Crippen molar-refractivity contribution < 1.29 is 19.1 Å². The monoisotopic (exact) mass is 492 g/mol. The molecule has 2 aliphatic rings. The topological polar surface area (TPSA) is 67.9 Å². The number of fused-ring (bicyclic) bond motifs is 1. The zero-order valence-corrected chi connectivity index (χ0v) is 22.3. The van der Waals surface area contributed by atoms with Crippen molar-refractivity contribution in [2.75, 3.05) is 27.3 Å². The number of hydrogen-bond donors (Lipinski definition) is 1. The number of carbonyl (C=O) groups is 2. The second-order valence-corrected chi connectivity index (χ2v) is 10.8. The summed E-state index contributed by atoms with van der Waals surface area (Å²) in [7, 11) is 3.24. The standard InChI is InChI=1S/C30H40N2O4/c1-19-14-21(3)28-23(15-19)17-24(29(33)31-28)18-32(30(34)25-9-7-6-8-20(25)2)13-12-22-10-11-26(35-4)27(16-22)36-5/h6-11,16,19,21,23-24,28H,12-15,17-18H2,1-5H3,(H,31,33). The van der Waals surface area contributed by atoms with Gasteiger partial charge in [-0.25, -0.2) is 0 Å². The third-order valence-corrected chi connectivity index (χ3v) is 8.09. The summed E-state index contributed by atoms with van der Waals surface area (Å²) in [5.41, 5.74) is 2.69. The van der Waals surface area contributed by atoms with E-state index in [1.807, 2.05) is 54.3 Å². The van der Waals surface area contributed by atoms with E-state index in [9.17, 15) is 9.59 Å². The lowest BCUT2D eigenvalue weighted by Gasteiger charge is -2.45. The van der Waals surface area contributed by atoms with E-state index < -0.39 is 0 Å². The summed E-state index contributed by atoms with van der Waals surface area (Å²) in [6, 6.07) is 13.8. The van der Waals surface area contributed by atoms with Crippen molar-refractivity contribution in [3.63, 3.8) is 0 Å². The molecule has 1 saturated carbocycles. The molecule has 0 radical (unpaired) electrons. The van der Waals surface area contributed by atoms with E-state index in [0.29, 0.717) is 54.3 Å². The average Bonchev–Trinajstić information content (AvgIpc) is 2.87. The van der Waals surface area contributed by atoms with E-state index >= 15 is 0 Å². The minimum atomic E-state index is -0.192. The highest BCUT2D eigenvalue weighted by molar-refractivity contribution is 5.96. The molecule has 2 fully saturated rings. The summed E-state index contributed by atoms with van der Waals surface area (Å²) >= 11 is 0. The number of piperidine rings is 1. The molecule has 0 bridgehead atoms. The first-order valence-electron chi connectivity index (χ1n) is 13.2. The second-order valence-electron chi connectivity index (χ2n) is 10.8. The average molecular weight is 493 g/mol. The fraction of sp³-hybridized carbons (Fsp3) is 0.533. The highest BCUT2D eigenvalue weighted by Crippen LogP contribution is 2.39. The lowest BCUT2D eigenvalue weighted by Crippen LogP contribution is -2.57. The summed E-state index contributed by atoms with van der Waals surface area (Å²) in [5.74, 6) is 2.88. The number of nitrogens with zero attached hydrogens (tertiary/aromatic N) is 1. The summed E-state index contributed by atoms with van der Waals surface area (Å²) in [6.45, 7) is 7.48. The molecule has 2 amide bonds. The highest BCUT2D eigenvalue weighted by atomic mass is 16.5. The van der Waals surface area contributed by atoms with Crippen molar-refractivity contribution >= 4 is 11.8 Å². The van der Waals surface area contributed by atoms with Crippen LogP contribution in [0.2, 0.25) is 0 Å². The van der Waals surface area contributed by atoms with E-state index in [4.69, 9.17) is 9.47 Å². The van der Waals surface area contributed by atoms with Crippen LogP contribution in [0.3, 0.4) is 0 Å². The number of carbonyl (C=O) groups excluding carboxylic acids is 2. The summed E-state index contributed by atoms with van der Waals surface area (Å²) in [6.07, 6.45) is 3.81. The molecule has 1 N–H and O–H groups in total. The molecule has 1 aliphatic carbocycles. The molecule has 194 valence electrons. The maximum atomic E-state index is 13.7. The van der Waals surface area contributed by atoms with Crippen LogP contribution >= 0.6 is 0 Å². The molecule has 5 unspecified atom stereocenters. The van der Waals surface area contributed by atoms with Gasteiger partial charge in [-0.15, -0.1) is 0 Å². The van der Waals surface area contributed by atoms with Crippen LogP contribution in [0.4, 0.5) is 0 Å². The lowest BCUT2D eigenvalue weighted by atomic mass is 9.68. The van der Waals surface area contributed by atoms with Crippen molar-refractivity contribution in [2.45, 2.75) is 52.5 Å². The first-order chi connectivity index (χ1) is 17.3. The Hall–Kier alpha value is -3.02. The Kier molecular flexibility index (Phi) is 8.22. The van der Waals surface area contributed by atoms with Crippen LogP contribution in [0.1, 0.15) is 54.6 Å². The molecule has 6 heteroatoms. The highest BCUT2D eigenvalue weighted by Gasteiger charge is 2.42. The normalized spacial score (nSPS) is 25.5. The van der Waals surface area contributed by atoms with E-state index in [1.54, 1.807) is 14.2 Å². The molecule has 0 spiro atoms. The van der Waals surface area contributed by atoms with Crippen molar-refractivity contribution in [2.24, 2.45) is 23.7 Å². The molecule has 1 saturated heterocycles. The van der Waals surface area contributed by atoms with Gasteiger partial charge >= 0.3 is 0 Å². The second kappa shape index (κ2) is 11.4. The number of methoxy groups -OCH3 is 2. The number of hydrogen-bond acceptors (Lipinski definition) is 4. The zero-order chi connectivity index (χ0) is 25.8. The number of rotatable bonds is 8. The molecule has 36 heavy (non-hydrogen) atoms. The number of nitrogens with one attached hydrogen (secondary N) is 1. The van der Waals surface area contributed by atoms with Gasteiger partial charge < -0.3 is 19.7 Å². The van der Waals surface area contributed by atoms with Gasteiger partial charge in [-0.3, -0.25) is 9.59 Å². The molecule has 2 aromatic carbocycles. The maximum absolute atomic E-state index is 13.7. The van der Waals surface area contributed by atoms with Crippen LogP contribution < -0.4 is 14.8 Å². The third-order valence-electron chi connectivity index (χ3n) is 8.09. The SMILES string of the molecule is COc1ccc(CCN(CC2CC3CC(C)CC(C)C3NC2=O)C(=O)c2ccccc2C)cc1OC. The Morgan fingerprint density at radius 1 is 1.03 bits per heavy atom. The molecular formula is C30H40N2O4. The van der Waals surface area contributed by atoms with Gasteiger partial charge in [-0.05, 0) is 79.7 Å². The molecule has 6 nitrogen and oxygen atoms in total. The Morgan fingerprint density at radius 3 is 2.50 bits per heavy atom. The van der Waals surface area contributed by atoms with Gasteiger partial charge in [0, 0.05) is 24.7 Å². The predicted octanol–water partition coefficient (Wildman–Crippen LogP) is 4.88. The minimum Gasteiger partial charge on any atom is -0.493 e. The molecule has 4 rings (SSSR count). The van der Waals surface area contributed by atoms with Crippen LogP contribution in [-0.2, 0) is 11.2 Å².